The lowest BCUT2D eigenvalue weighted by molar-refractivity contribution is 0.0953. The van der Waals surface area contributed by atoms with Gasteiger partial charge in [-0.15, -0.1) is 0 Å². The zero-order valence-electron chi connectivity index (χ0n) is 14.1. The largest absolute Gasteiger partial charge is 0.352 e. The molecule has 0 heterocycles. The topological polar surface area (TPSA) is 66.5 Å². The Balaban J connectivity index is 2.32. The first kappa shape index (κ1) is 18.0. The average Bonchev–Trinajstić information content (AvgIpc) is 2.59. The molecule has 24 heavy (non-hydrogen) atoms. The number of hydrogen-bond donors (Lipinski definition) is 1. The first-order valence-electron chi connectivity index (χ1n) is 7.80. The second kappa shape index (κ2) is 7.49. The Morgan fingerprint density at radius 1 is 1.12 bits per heavy atom. The maximum atomic E-state index is 12.8. The summed E-state index contributed by atoms with van der Waals surface area (Å²) in [5.74, 6) is -0.271. The highest BCUT2D eigenvalue weighted by Crippen LogP contribution is 2.23. The number of benzene rings is 2. The summed E-state index contributed by atoms with van der Waals surface area (Å²) in [7, 11) is -2.22. The highest BCUT2D eigenvalue weighted by atomic mass is 32.2. The molecule has 0 saturated carbocycles. The molecule has 0 aliphatic heterocycles. The van der Waals surface area contributed by atoms with Gasteiger partial charge in [0.15, 0.2) is 0 Å². The Labute approximate surface area is 143 Å². The van der Waals surface area contributed by atoms with E-state index in [1.165, 1.54) is 23.5 Å². The van der Waals surface area contributed by atoms with Gasteiger partial charge in [0, 0.05) is 19.2 Å². The Bertz CT molecular complexity index is 814. The molecule has 128 valence electrons. The molecule has 2 rings (SSSR count). The summed E-state index contributed by atoms with van der Waals surface area (Å²) in [4.78, 5) is 12.1. The summed E-state index contributed by atoms with van der Waals surface area (Å²) in [6.45, 7) is 4.45. The zero-order valence-corrected chi connectivity index (χ0v) is 14.9. The SMILES string of the molecule is CCCNC(=O)c1cccc(S(=O)(=O)N(C)c2ccc(C)cc2)c1. The lowest BCUT2D eigenvalue weighted by atomic mass is 10.2. The molecule has 0 fully saturated rings. The van der Waals surface area contributed by atoms with Crippen LogP contribution in [0, 0.1) is 6.92 Å². The molecular formula is C18H22N2O3S. The van der Waals surface area contributed by atoms with Gasteiger partial charge in [0.2, 0.25) is 0 Å². The van der Waals surface area contributed by atoms with E-state index in [1.807, 2.05) is 26.0 Å². The van der Waals surface area contributed by atoms with E-state index in [-0.39, 0.29) is 10.8 Å². The molecule has 0 saturated heterocycles. The molecule has 0 spiro atoms. The Kier molecular flexibility index (Phi) is 5.62. The Hall–Kier alpha value is -2.34. The smallest absolute Gasteiger partial charge is 0.264 e. The number of rotatable bonds is 6. The third-order valence-electron chi connectivity index (χ3n) is 3.69. The summed E-state index contributed by atoms with van der Waals surface area (Å²) in [6.07, 6.45) is 0.819. The van der Waals surface area contributed by atoms with E-state index in [2.05, 4.69) is 5.32 Å². The second-order valence-electron chi connectivity index (χ2n) is 5.59. The van der Waals surface area contributed by atoms with E-state index < -0.39 is 10.0 Å². The van der Waals surface area contributed by atoms with Crippen LogP contribution in [0.3, 0.4) is 0 Å². The summed E-state index contributed by atoms with van der Waals surface area (Å²) in [5.41, 5.74) is 1.96. The molecule has 2 aromatic carbocycles. The summed E-state index contributed by atoms with van der Waals surface area (Å²) < 4.78 is 26.8. The van der Waals surface area contributed by atoms with Gasteiger partial charge in [-0.3, -0.25) is 9.10 Å². The first-order chi connectivity index (χ1) is 11.4. The van der Waals surface area contributed by atoms with Gasteiger partial charge in [0.1, 0.15) is 0 Å². The number of anilines is 1. The van der Waals surface area contributed by atoms with Crippen molar-refractivity contribution in [3.63, 3.8) is 0 Å². The molecule has 0 aliphatic carbocycles. The van der Waals surface area contributed by atoms with Crippen LogP contribution in [0.15, 0.2) is 53.4 Å². The number of amides is 1. The number of sulfonamides is 1. The first-order valence-corrected chi connectivity index (χ1v) is 9.24. The lowest BCUT2D eigenvalue weighted by Crippen LogP contribution is -2.27. The summed E-state index contributed by atoms with van der Waals surface area (Å²) in [6, 6.07) is 13.3. The van der Waals surface area contributed by atoms with Crippen LogP contribution in [0.1, 0.15) is 29.3 Å². The normalized spacial score (nSPS) is 11.1. The number of carbonyl (C=O) groups excluding carboxylic acids is 1. The quantitative estimate of drug-likeness (QED) is 0.874. The number of hydrogen-bond acceptors (Lipinski definition) is 3. The van der Waals surface area contributed by atoms with Crippen LogP contribution >= 0.6 is 0 Å². The van der Waals surface area contributed by atoms with Gasteiger partial charge in [-0.25, -0.2) is 8.42 Å². The predicted molar refractivity (Wildman–Crippen MR) is 95.8 cm³/mol. The van der Waals surface area contributed by atoms with Crippen molar-refractivity contribution in [2.75, 3.05) is 17.9 Å². The maximum Gasteiger partial charge on any atom is 0.264 e. The van der Waals surface area contributed by atoms with Crippen molar-refractivity contribution in [2.45, 2.75) is 25.2 Å². The van der Waals surface area contributed by atoms with E-state index >= 15 is 0 Å². The van der Waals surface area contributed by atoms with Crippen LogP contribution < -0.4 is 9.62 Å². The lowest BCUT2D eigenvalue weighted by Gasteiger charge is -2.20. The van der Waals surface area contributed by atoms with Crippen LogP contribution in [-0.2, 0) is 10.0 Å². The van der Waals surface area contributed by atoms with Gasteiger partial charge >= 0.3 is 0 Å². The van der Waals surface area contributed by atoms with Crippen molar-refractivity contribution < 1.29 is 13.2 Å². The van der Waals surface area contributed by atoms with Gasteiger partial charge in [-0.2, -0.15) is 0 Å². The molecule has 0 bridgehead atoms. The maximum absolute atomic E-state index is 12.8. The standard InChI is InChI=1S/C18H22N2O3S/c1-4-12-19-18(21)15-6-5-7-17(13-15)24(22,23)20(3)16-10-8-14(2)9-11-16/h5-11,13H,4,12H2,1-3H3,(H,19,21). The third kappa shape index (κ3) is 3.94. The van der Waals surface area contributed by atoms with Gasteiger partial charge in [0.25, 0.3) is 15.9 Å². The summed E-state index contributed by atoms with van der Waals surface area (Å²) >= 11 is 0. The number of carbonyl (C=O) groups is 1. The zero-order chi connectivity index (χ0) is 17.7. The molecule has 0 aromatic heterocycles. The number of nitrogens with one attached hydrogen (secondary N) is 1. The van der Waals surface area contributed by atoms with Gasteiger partial charge < -0.3 is 5.32 Å². The Morgan fingerprint density at radius 2 is 1.79 bits per heavy atom. The minimum Gasteiger partial charge on any atom is -0.352 e. The molecule has 0 aliphatic rings. The predicted octanol–water partition coefficient (Wildman–Crippen LogP) is 2.96. The van der Waals surface area contributed by atoms with Crippen molar-refractivity contribution in [1.29, 1.82) is 0 Å². The van der Waals surface area contributed by atoms with E-state index in [0.717, 1.165) is 12.0 Å². The highest BCUT2D eigenvalue weighted by molar-refractivity contribution is 7.92. The van der Waals surface area contributed by atoms with Crippen LogP contribution in [-0.4, -0.2) is 27.9 Å². The minimum atomic E-state index is -3.73. The molecule has 0 radical (unpaired) electrons. The van der Waals surface area contributed by atoms with Gasteiger partial charge in [-0.1, -0.05) is 30.7 Å². The average molecular weight is 346 g/mol. The molecule has 0 unspecified atom stereocenters. The van der Waals surface area contributed by atoms with E-state index in [1.54, 1.807) is 24.3 Å². The van der Waals surface area contributed by atoms with Crippen molar-refractivity contribution >= 4 is 21.6 Å². The fraction of sp³-hybridized carbons (Fsp3) is 0.278. The fourth-order valence-corrected chi connectivity index (χ4v) is 3.43. The Morgan fingerprint density at radius 3 is 2.42 bits per heavy atom. The monoisotopic (exact) mass is 346 g/mol. The van der Waals surface area contributed by atoms with Crippen LogP contribution in [0.25, 0.3) is 0 Å². The van der Waals surface area contributed by atoms with E-state index in [0.29, 0.717) is 17.8 Å². The molecule has 1 amide bonds. The van der Waals surface area contributed by atoms with Gasteiger partial charge in [0.05, 0.1) is 10.6 Å². The molecular weight excluding hydrogens is 324 g/mol. The highest BCUT2D eigenvalue weighted by Gasteiger charge is 2.22. The van der Waals surface area contributed by atoms with Crippen molar-refractivity contribution in [2.24, 2.45) is 0 Å². The molecule has 5 nitrogen and oxygen atoms in total. The van der Waals surface area contributed by atoms with E-state index in [9.17, 15) is 13.2 Å². The van der Waals surface area contributed by atoms with Crippen LogP contribution in [0.5, 0.6) is 0 Å². The van der Waals surface area contributed by atoms with Crippen LogP contribution in [0.4, 0.5) is 5.69 Å². The van der Waals surface area contributed by atoms with Crippen LogP contribution in [0.2, 0.25) is 0 Å². The second-order valence-corrected chi connectivity index (χ2v) is 7.56. The molecule has 6 heteroatoms. The molecule has 0 atom stereocenters. The number of aryl methyl sites for hydroxylation is 1. The summed E-state index contributed by atoms with van der Waals surface area (Å²) in [5, 5.41) is 2.75. The fourth-order valence-electron chi connectivity index (χ4n) is 2.19. The van der Waals surface area contributed by atoms with E-state index in [4.69, 9.17) is 0 Å². The van der Waals surface area contributed by atoms with Gasteiger partial charge in [-0.05, 0) is 43.7 Å². The van der Waals surface area contributed by atoms with Crippen molar-refractivity contribution in [3.8, 4) is 0 Å². The molecule has 2 aromatic rings. The number of nitrogens with zero attached hydrogens (tertiary/aromatic N) is 1. The minimum absolute atomic E-state index is 0.0923. The van der Waals surface area contributed by atoms with Crippen molar-refractivity contribution in [3.05, 3.63) is 59.7 Å². The van der Waals surface area contributed by atoms with Crippen molar-refractivity contribution in [1.82, 2.24) is 5.32 Å². The molecule has 1 N–H and O–H groups in total. The third-order valence-corrected chi connectivity index (χ3v) is 5.47.